The van der Waals surface area contributed by atoms with Gasteiger partial charge in [-0.3, -0.25) is 14.4 Å². The van der Waals surface area contributed by atoms with Crippen LogP contribution in [0.25, 0.3) is 0 Å². The fourth-order valence-electron chi connectivity index (χ4n) is 3.54. The molecular weight excluding hydrogens is 380 g/mol. The highest BCUT2D eigenvalue weighted by molar-refractivity contribution is 6.30. The van der Waals surface area contributed by atoms with Crippen molar-refractivity contribution >= 4 is 35.1 Å². The molecule has 2 aromatic carbocycles. The number of nitrogens with one attached hydrogen (secondary N) is 1. The zero-order chi connectivity index (χ0) is 20.1. The summed E-state index contributed by atoms with van der Waals surface area (Å²) in [4.78, 5) is 36.1. The third-order valence-electron chi connectivity index (χ3n) is 5.03. The summed E-state index contributed by atoms with van der Waals surface area (Å²) in [6.07, 6.45) is 3.22. The molecule has 0 aromatic heterocycles. The summed E-state index contributed by atoms with van der Waals surface area (Å²) in [6, 6.07) is 13.3. The maximum Gasteiger partial charge on any atom is 0.317 e. The first-order valence-electron chi connectivity index (χ1n) is 9.04. The number of hydrogen-bond donors (Lipinski definition) is 2. The van der Waals surface area contributed by atoms with E-state index < -0.39 is 23.2 Å². The average Bonchev–Trinajstić information content (AvgIpc) is 3.18. The minimum Gasteiger partial charge on any atom is -0.455 e. The van der Waals surface area contributed by atoms with Crippen molar-refractivity contribution in [2.75, 3.05) is 11.9 Å². The van der Waals surface area contributed by atoms with Gasteiger partial charge in [0.25, 0.3) is 5.91 Å². The average molecular weight is 401 g/mol. The molecule has 1 aliphatic rings. The molecule has 1 fully saturated rings. The molecule has 0 aliphatic heterocycles. The Hall–Kier alpha value is -2.86. The number of hydrogen-bond acceptors (Lipinski definition) is 4. The van der Waals surface area contributed by atoms with Crippen molar-refractivity contribution in [2.24, 2.45) is 5.73 Å². The molecule has 0 bridgehead atoms. The van der Waals surface area contributed by atoms with E-state index in [1.807, 2.05) is 12.1 Å². The van der Waals surface area contributed by atoms with Crippen LogP contribution in [-0.4, -0.2) is 24.4 Å². The highest BCUT2D eigenvalue weighted by Crippen LogP contribution is 2.42. The Labute approximate surface area is 168 Å². The number of nitrogens with two attached hydrogens (primary N) is 1. The lowest BCUT2D eigenvalue weighted by Gasteiger charge is -2.27. The third kappa shape index (κ3) is 4.34. The van der Waals surface area contributed by atoms with Crippen LogP contribution in [0, 0.1) is 0 Å². The molecule has 3 rings (SSSR count). The van der Waals surface area contributed by atoms with Crippen LogP contribution in [0.15, 0.2) is 48.5 Å². The van der Waals surface area contributed by atoms with Crippen LogP contribution in [0.5, 0.6) is 0 Å². The SMILES string of the molecule is NC(=O)c1ccc(NC(=O)COC(=O)C2(c3ccc(Cl)cc3)CCCC2)cc1. The second-order valence-corrected chi connectivity index (χ2v) is 7.30. The molecule has 0 spiro atoms. The predicted octanol–water partition coefficient (Wildman–Crippen LogP) is 3.43. The molecule has 0 heterocycles. The van der Waals surface area contributed by atoms with E-state index in [9.17, 15) is 14.4 Å². The van der Waals surface area contributed by atoms with Gasteiger partial charge in [0.2, 0.25) is 5.91 Å². The van der Waals surface area contributed by atoms with Crippen molar-refractivity contribution in [1.82, 2.24) is 0 Å². The van der Waals surface area contributed by atoms with Gasteiger partial charge in [0.15, 0.2) is 6.61 Å². The van der Waals surface area contributed by atoms with Crippen molar-refractivity contribution < 1.29 is 19.1 Å². The van der Waals surface area contributed by atoms with Gasteiger partial charge in [0, 0.05) is 16.3 Å². The smallest absolute Gasteiger partial charge is 0.317 e. The molecule has 2 aromatic rings. The van der Waals surface area contributed by atoms with Gasteiger partial charge < -0.3 is 15.8 Å². The molecule has 146 valence electrons. The van der Waals surface area contributed by atoms with Crippen molar-refractivity contribution in [2.45, 2.75) is 31.1 Å². The van der Waals surface area contributed by atoms with E-state index in [-0.39, 0.29) is 6.61 Å². The first kappa shape index (κ1) is 19.9. The van der Waals surface area contributed by atoms with E-state index in [0.29, 0.717) is 29.1 Å². The Bertz CT molecular complexity index is 872. The van der Waals surface area contributed by atoms with Gasteiger partial charge in [-0.05, 0) is 54.8 Å². The molecule has 3 N–H and O–H groups in total. The van der Waals surface area contributed by atoms with Crippen LogP contribution < -0.4 is 11.1 Å². The van der Waals surface area contributed by atoms with Gasteiger partial charge in [0.1, 0.15) is 0 Å². The summed E-state index contributed by atoms with van der Waals surface area (Å²) < 4.78 is 5.35. The second kappa shape index (κ2) is 8.44. The first-order chi connectivity index (χ1) is 13.4. The van der Waals surface area contributed by atoms with Crippen LogP contribution in [-0.2, 0) is 19.7 Å². The maximum atomic E-state index is 12.8. The number of benzene rings is 2. The summed E-state index contributed by atoms with van der Waals surface area (Å²) in [5, 5.41) is 3.23. The summed E-state index contributed by atoms with van der Waals surface area (Å²) in [5.74, 6) is -1.40. The molecule has 2 amide bonds. The summed E-state index contributed by atoms with van der Waals surface area (Å²) >= 11 is 5.96. The van der Waals surface area contributed by atoms with Crippen LogP contribution in [0.2, 0.25) is 5.02 Å². The highest BCUT2D eigenvalue weighted by Gasteiger charge is 2.44. The van der Waals surface area contributed by atoms with E-state index in [0.717, 1.165) is 18.4 Å². The maximum absolute atomic E-state index is 12.8. The molecule has 28 heavy (non-hydrogen) atoms. The molecule has 7 heteroatoms. The lowest BCUT2D eigenvalue weighted by molar-refractivity contribution is -0.153. The number of rotatable bonds is 6. The zero-order valence-corrected chi connectivity index (χ0v) is 16.0. The second-order valence-electron chi connectivity index (χ2n) is 6.86. The van der Waals surface area contributed by atoms with E-state index in [4.69, 9.17) is 22.1 Å². The van der Waals surface area contributed by atoms with Gasteiger partial charge in [-0.1, -0.05) is 36.6 Å². The molecule has 0 atom stereocenters. The number of esters is 1. The minimum atomic E-state index is -0.728. The van der Waals surface area contributed by atoms with Crippen LogP contribution in [0.1, 0.15) is 41.6 Å². The number of anilines is 1. The van der Waals surface area contributed by atoms with E-state index >= 15 is 0 Å². The molecular formula is C21H21ClN2O4. The monoisotopic (exact) mass is 400 g/mol. The third-order valence-corrected chi connectivity index (χ3v) is 5.28. The molecule has 6 nitrogen and oxygen atoms in total. The quantitative estimate of drug-likeness (QED) is 0.725. The van der Waals surface area contributed by atoms with E-state index in [1.165, 1.54) is 12.1 Å². The minimum absolute atomic E-state index is 0.343. The lowest BCUT2D eigenvalue weighted by atomic mass is 9.79. The Morgan fingerprint density at radius 3 is 2.18 bits per heavy atom. The molecule has 1 aliphatic carbocycles. The number of halogens is 1. The van der Waals surface area contributed by atoms with Crippen molar-refractivity contribution in [3.05, 3.63) is 64.7 Å². The fourth-order valence-corrected chi connectivity index (χ4v) is 3.67. The largest absolute Gasteiger partial charge is 0.455 e. The van der Waals surface area contributed by atoms with Gasteiger partial charge >= 0.3 is 5.97 Å². The molecule has 0 unspecified atom stereocenters. The molecule has 0 radical (unpaired) electrons. The van der Waals surface area contributed by atoms with Crippen LogP contribution >= 0.6 is 11.6 Å². The normalized spacial score (nSPS) is 15.0. The lowest BCUT2D eigenvalue weighted by Crippen LogP contribution is -2.36. The standard InChI is InChI=1S/C21H21ClN2O4/c22-16-7-5-15(6-8-16)21(11-1-2-12-21)20(27)28-13-18(25)24-17-9-3-14(4-10-17)19(23)26/h3-10H,1-2,11-13H2,(H2,23,26)(H,24,25). The Balaban J connectivity index is 1.62. The summed E-state index contributed by atoms with van der Waals surface area (Å²) in [5.41, 5.74) is 6.15. The van der Waals surface area contributed by atoms with Gasteiger partial charge in [-0.15, -0.1) is 0 Å². The van der Waals surface area contributed by atoms with E-state index in [2.05, 4.69) is 5.32 Å². The van der Waals surface area contributed by atoms with Crippen LogP contribution in [0.4, 0.5) is 5.69 Å². The van der Waals surface area contributed by atoms with Gasteiger partial charge in [-0.2, -0.15) is 0 Å². The highest BCUT2D eigenvalue weighted by atomic mass is 35.5. The molecule has 1 saturated carbocycles. The topological polar surface area (TPSA) is 98.5 Å². The van der Waals surface area contributed by atoms with Gasteiger partial charge in [0.05, 0.1) is 5.41 Å². The van der Waals surface area contributed by atoms with Crippen molar-refractivity contribution in [3.63, 3.8) is 0 Å². The number of ether oxygens (including phenoxy) is 1. The first-order valence-corrected chi connectivity index (χ1v) is 9.41. The number of amides is 2. The Morgan fingerprint density at radius 1 is 1.00 bits per heavy atom. The Kier molecular flexibility index (Phi) is 5.99. The van der Waals surface area contributed by atoms with Crippen molar-refractivity contribution in [3.8, 4) is 0 Å². The fraction of sp³-hybridized carbons (Fsp3) is 0.286. The predicted molar refractivity (Wildman–Crippen MR) is 106 cm³/mol. The summed E-state index contributed by atoms with van der Waals surface area (Å²) in [6.45, 7) is -0.383. The molecule has 0 saturated heterocycles. The Morgan fingerprint density at radius 2 is 1.61 bits per heavy atom. The number of carbonyl (C=O) groups is 3. The van der Waals surface area contributed by atoms with Crippen molar-refractivity contribution in [1.29, 1.82) is 0 Å². The van der Waals surface area contributed by atoms with E-state index in [1.54, 1.807) is 24.3 Å². The number of carbonyl (C=O) groups excluding carboxylic acids is 3. The summed E-state index contributed by atoms with van der Waals surface area (Å²) in [7, 11) is 0. The zero-order valence-electron chi connectivity index (χ0n) is 15.2. The van der Waals surface area contributed by atoms with Gasteiger partial charge in [-0.25, -0.2) is 0 Å². The number of primary amides is 1. The van der Waals surface area contributed by atoms with Crippen LogP contribution in [0.3, 0.4) is 0 Å².